The molecule has 35 heavy (non-hydrogen) atoms. The SMILES string of the molecule is CC(=O)c1ccc(C(=O)N2CCCC(c3nc(-c4cccnc4)ncc3-c3ccccc3F)C2)s1. The topological polar surface area (TPSA) is 76.1 Å². The van der Waals surface area contributed by atoms with Crippen LogP contribution in [0.2, 0.25) is 0 Å². The summed E-state index contributed by atoms with van der Waals surface area (Å²) in [6, 6.07) is 13.7. The number of piperidine rings is 1. The lowest BCUT2D eigenvalue weighted by atomic mass is 9.89. The Kier molecular flexibility index (Phi) is 6.46. The Hall–Kier alpha value is -3.78. The Labute approximate surface area is 206 Å². The van der Waals surface area contributed by atoms with Gasteiger partial charge < -0.3 is 4.90 Å². The van der Waals surface area contributed by atoms with Crippen molar-refractivity contribution in [1.82, 2.24) is 19.9 Å². The molecule has 0 aliphatic carbocycles. The number of likely N-dealkylation sites (tertiary alicyclic amines) is 1. The van der Waals surface area contributed by atoms with Crippen LogP contribution in [0.15, 0.2) is 67.1 Å². The molecule has 0 saturated carbocycles. The molecule has 8 heteroatoms. The summed E-state index contributed by atoms with van der Waals surface area (Å²) in [6.45, 7) is 2.57. The second-order valence-corrected chi connectivity index (χ2v) is 9.61. The van der Waals surface area contributed by atoms with Crippen LogP contribution in [-0.4, -0.2) is 44.6 Å². The van der Waals surface area contributed by atoms with Crippen molar-refractivity contribution in [2.45, 2.75) is 25.7 Å². The van der Waals surface area contributed by atoms with Crippen molar-refractivity contribution in [2.24, 2.45) is 0 Å². The number of rotatable bonds is 5. The first-order valence-corrected chi connectivity index (χ1v) is 12.2. The van der Waals surface area contributed by atoms with Gasteiger partial charge in [0.05, 0.1) is 15.4 Å². The fourth-order valence-corrected chi connectivity index (χ4v) is 5.28. The van der Waals surface area contributed by atoms with Gasteiger partial charge in [0.2, 0.25) is 0 Å². The number of ketones is 1. The summed E-state index contributed by atoms with van der Waals surface area (Å²) in [4.78, 5) is 41.4. The number of hydrogen-bond acceptors (Lipinski definition) is 6. The third-order valence-electron chi connectivity index (χ3n) is 6.16. The first kappa shape index (κ1) is 23.0. The lowest BCUT2D eigenvalue weighted by Crippen LogP contribution is -2.39. The number of nitrogens with zero attached hydrogens (tertiary/aromatic N) is 4. The number of hydrogen-bond donors (Lipinski definition) is 0. The van der Waals surface area contributed by atoms with Crippen molar-refractivity contribution in [3.05, 3.63) is 88.4 Å². The van der Waals surface area contributed by atoms with Gasteiger partial charge in [0.15, 0.2) is 11.6 Å². The Bertz CT molecular complexity index is 1390. The summed E-state index contributed by atoms with van der Waals surface area (Å²) in [5.41, 5.74) is 2.56. The molecule has 3 aromatic heterocycles. The van der Waals surface area contributed by atoms with E-state index in [2.05, 4.69) is 9.97 Å². The van der Waals surface area contributed by atoms with Gasteiger partial charge in [-0.2, -0.15) is 0 Å². The number of benzene rings is 1. The molecule has 4 aromatic rings. The van der Waals surface area contributed by atoms with Crippen LogP contribution < -0.4 is 0 Å². The lowest BCUT2D eigenvalue weighted by molar-refractivity contribution is 0.0711. The Morgan fingerprint density at radius 1 is 1.03 bits per heavy atom. The Morgan fingerprint density at radius 3 is 2.60 bits per heavy atom. The van der Waals surface area contributed by atoms with Crippen molar-refractivity contribution in [3.8, 4) is 22.5 Å². The Balaban J connectivity index is 1.51. The van der Waals surface area contributed by atoms with E-state index < -0.39 is 0 Å². The number of aromatic nitrogens is 3. The molecule has 0 spiro atoms. The third-order valence-corrected chi connectivity index (χ3v) is 7.34. The van der Waals surface area contributed by atoms with Gasteiger partial charge in [0.25, 0.3) is 5.91 Å². The predicted octanol–water partition coefficient (Wildman–Crippen LogP) is 5.63. The summed E-state index contributed by atoms with van der Waals surface area (Å²) in [5.74, 6) is -0.0651. The molecule has 0 radical (unpaired) electrons. The fraction of sp³-hybridized carbons (Fsp3) is 0.222. The first-order chi connectivity index (χ1) is 17.0. The van der Waals surface area contributed by atoms with Gasteiger partial charge in [-0.05, 0) is 50.1 Å². The minimum atomic E-state index is -0.342. The number of carbonyl (C=O) groups is 2. The van der Waals surface area contributed by atoms with Crippen molar-refractivity contribution >= 4 is 23.0 Å². The molecule has 1 unspecified atom stereocenters. The molecule has 5 rings (SSSR count). The maximum atomic E-state index is 14.8. The summed E-state index contributed by atoms with van der Waals surface area (Å²) in [6.07, 6.45) is 6.66. The molecule has 4 heterocycles. The molecular weight excluding hydrogens is 463 g/mol. The fourth-order valence-electron chi connectivity index (χ4n) is 4.41. The first-order valence-electron chi connectivity index (χ1n) is 11.4. The number of amides is 1. The quantitative estimate of drug-likeness (QED) is 0.342. The van der Waals surface area contributed by atoms with E-state index in [1.165, 1.54) is 24.3 Å². The van der Waals surface area contributed by atoms with Crippen molar-refractivity contribution in [2.75, 3.05) is 13.1 Å². The zero-order valence-electron chi connectivity index (χ0n) is 19.1. The van der Waals surface area contributed by atoms with Gasteiger partial charge in [-0.1, -0.05) is 18.2 Å². The summed E-state index contributed by atoms with van der Waals surface area (Å²) in [7, 11) is 0. The minimum absolute atomic E-state index is 0.0518. The molecule has 6 nitrogen and oxygen atoms in total. The van der Waals surface area contributed by atoms with Crippen LogP contribution in [-0.2, 0) is 0 Å². The Morgan fingerprint density at radius 2 is 1.86 bits per heavy atom. The number of thiophene rings is 1. The largest absolute Gasteiger partial charge is 0.337 e. The summed E-state index contributed by atoms with van der Waals surface area (Å²) < 4.78 is 14.8. The van der Waals surface area contributed by atoms with E-state index in [0.29, 0.717) is 39.8 Å². The van der Waals surface area contributed by atoms with Crippen LogP contribution in [0.3, 0.4) is 0 Å². The normalized spacial score (nSPS) is 15.7. The van der Waals surface area contributed by atoms with Crippen molar-refractivity contribution < 1.29 is 14.0 Å². The van der Waals surface area contributed by atoms with E-state index in [1.54, 1.807) is 53.8 Å². The van der Waals surface area contributed by atoms with E-state index in [9.17, 15) is 14.0 Å². The molecule has 1 aliphatic rings. The van der Waals surface area contributed by atoms with Crippen molar-refractivity contribution in [1.29, 1.82) is 0 Å². The second-order valence-electron chi connectivity index (χ2n) is 8.52. The van der Waals surface area contributed by atoms with Crippen molar-refractivity contribution in [3.63, 3.8) is 0 Å². The number of halogens is 1. The van der Waals surface area contributed by atoms with Crippen LogP contribution in [0.5, 0.6) is 0 Å². The molecule has 1 aliphatic heterocycles. The second kappa shape index (κ2) is 9.84. The smallest absolute Gasteiger partial charge is 0.263 e. The zero-order chi connectivity index (χ0) is 24.4. The predicted molar refractivity (Wildman–Crippen MR) is 133 cm³/mol. The summed E-state index contributed by atoms with van der Waals surface area (Å²) in [5, 5.41) is 0. The zero-order valence-corrected chi connectivity index (χ0v) is 20.0. The molecule has 176 valence electrons. The molecule has 0 bridgehead atoms. The lowest BCUT2D eigenvalue weighted by Gasteiger charge is -2.33. The molecule has 1 saturated heterocycles. The van der Waals surface area contributed by atoms with E-state index >= 15 is 0 Å². The average molecular weight is 487 g/mol. The van der Waals surface area contributed by atoms with E-state index in [1.807, 2.05) is 12.1 Å². The minimum Gasteiger partial charge on any atom is -0.337 e. The molecule has 0 N–H and O–H groups in total. The monoisotopic (exact) mass is 486 g/mol. The highest BCUT2D eigenvalue weighted by Gasteiger charge is 2.30. The van der Waals surface area contributed by atoms with Crippen LogP contribution >= 0.6 is 11.3 Å². The van der Waals surface area contributed by atoms with Crippen LogP contribution in [0, 0.1) is 5.82 Å². The highest BCUT2D eigenvalue weighted by atomic mass is 32.1. The van der Waals surface area contributed by atoms with Gasteiger partial charge in [0.1, 0.15) is 5.82 Å². The van der Waals surface area contributed by atoms with E-state index in [-0.39, 0.29) is 23.4 Å². The number of Topliss-reactive ketones (excluding diaryl/α,β-unsaturated/α-hetero) is 1. The van der Waals surface area contributed by atoms with Gasteiger partial charge in [-0.25, -0.2) is 14.4 Å². The maximum Gasteiger partial charge on any atom is 0.263 e. The maximum absolute atomic E-state index is 14.8. The highest BCUT2D eigenvalue weighted by molar-refractivity contribution is 7.15. The van der Waals surface area contributed by atoms with Crippen LogP contribution in [0.1, 0.15) is 50.7 Å². The van der Waals surface area contributed by atoms with Gasteiger partial charge >= 0.3 is 0 Å². The van der Waals surface area contributed by atoms with Crippen LogP contribution in [0.4, 0.5) is 4.39 Å². The van der Waals surface area contributed by atoms with Gasteiger partial charge in [-0.15, -0.1) is 11.3 Å². The number of pyridine rings is 1. The number of carbonyl (C=O) groups excluding carboxylic acids is 2. The third kappa shape index (κ3) is 4.74. The van der Waals surface area contributed by atoms with E-state index in [0.717, 1.165) is 24.1 Å². The van der Waals surface area contributed by atoms with Gasteiger partial charge in [0, 0.05) is 54.3 Å². The molecule has 1 aromatic carbocycles. The average Bonchev–Trinajstić information content (AvgIpc) is 3.40. The summed E-state index contributed by atoms with van der Waals surface area (Å²) >= 11 is 1.22. The van der Waals surface area contributed by atoms with E-state index in [4.69, 9.17) is 4.98 Å². The van der Waals surface area contributed by atoms with Crippen LogP contribution in [0.25, 0.3) is 22.5 Å². The molecule has 1 fully saturated rings. The molecular formula is C27H23FN4O2S. The van der Waals surface area contributed by atoms with Gasteiger partial charge in [-0.3, -0.25) is 14.6 Å². The molecule has 1 atom stereocenters. The standard InChI is InChI=1S/C27H23FN4O2S/c1-17(33)23-10-11-24(35-23)27(34)32-13-5-7-19(16-32)25-21(20-8-2-3-9-22(20)28)15-30-26(31-25)18-6-4-12-29-14-18/h2-4,6,8-12,14-15,19H,5,7,13,16H2,1H3. The highest BCUT2D eigenvalue weighted by Crippen LogP contribution is 2.36. The molecule has 1 amide bonds.